The van der Waals surface area contributed by atoms with Gasteiger partial charge in [0, 0.05) is 39.0 Å². The third kappa shape index (κ3) is 4.18. The van der Waals surface area contributed by atoms with Crippen molar-refractivity contribution in [1.82, 2.24) is 10.3 Å². The molecule has 112 valence electrons. The number of rotatable bonds is 6. The molecule has 0 aromatic carbocycles. The molecule has 0 bridgehead atoms. The molecule has 1 fully saturated rings. The molecule has 1 N–H and O–H groups in total. The van der Waals surface area contributed by atoms with Crippen LogP contribution in [0.4, 0.5) is 5.82 Å². The predicted molar refractivity (Wildman–Crippen MR) is 83.0 cm³/mol. The second-order valence-corrected chi connectivity index (χ2v) is 5.87. The van der Waals surface area contributed by atoms with Crippen LogP contribution in [0.3, 0.4) is 0 Å². The average Bonchev–Trinajstić information content (AvgIpc) is 2.45. The van der Waals surface area contributed by atoms with E-state index in [1.807, 2.05) is 6.20 Å². The second-order valence-electron chi connectivity index (χ2n) is 5.87. The van der Waals surface area contributed by atoms with Gasteiger partial charge in [-0.2, -0.15) is 0 Å². The summed E-state index contributed by atoms with van der Waals surface area (Å²) in [7, 11) is 1.72. The Morgan fingerprint density at radius 1 is 1.40 bits per heavy atom. The fraction of sp³-hybridized carbons (Fsp3) is 0.688. The van der Waals surface area contributed by atoms with Crippen molar-refractivity contribution in [2.75, 3.05) is 31.7 Å². The molecule has 1 aromatic heterocycles. The SMILES string of the molecule is COCCNCc1ccc(N2CCC(C)CC2C)nc1. The first kappa shape index (κ1) is 15.3. The van der Waals surface area contributed by atoms with Crippen LogP contribution in [0.15, 0.2) is 18.3 Å². The highest BCUT2D eigenvalue weighted by Crippen LogP contribution is 2.26. The molecule has 2 rings (SSSR count). The standard InChI is InChI=1S/C16H27N3O/c1-13-6-8-19(14(2)10-13)16-5-4-15(12-18-16)11-17-7-9-20-3/h4-5,12-14,17H,6-11H2,1-3H3. The Hall–Kier alpha value is -1.13. The van der Waals surface area contributed by atoms with Gasteiger partial charge in [0.25, 0.3) is 0 Å². The van der Waals surface area contributed by atoms with Gasteiger partial charge in [-0.3, -0.25) is 0 Å². The molecule has 0 spiro atoms. The van der Waals surface area contributed by atoms with Crippen LogP contribution < -0.4 is 10.2 Å². The second kappa shape index (κ2) is 7.60. The van der Waals surface area contributed by atoms with Gasteiger partial charge >= 0.3 is 0 Å². The molecule has 2 unspecified atom stereocenters. The van der Waals surface area contributed by atoms with E-state index in [0.29, 0.717) is 6.04 Å². The quantitative estimate of drug-likeness (QED) is 0.811. The molecule has 4 nitrogen and oxygen atoms in total. The van der Waals surface area contributed by atoms with Gasteiger partial charge < -0.3 is 15.0 Å². The van der Waals surface area contributed by atoms with Crippen molar-refractivity contribution in [2.24, 2.45) is 5.92 Å². The summed E-state index contributed by atoms with van der Waals surface area (Å²) in [6.45, 7) is 8.24. The highest BCUT2D eigenvalue weighted by atomic mass is 16.5. The zero-order valence-electron chi connectivity index (χ0n) is 12.9. The summed E-state index contributed by atoms with van der Waals surface area (Å²) < 4.78 is 5.01. The van der Waals surface area contributed by atoms with Gasteiger partial charge in [0.1, 0.15) is 5.82 Å². The number of hydrogen-bond donors (Lipinski definition) is 1. The molecule has 0 saturated carbocycles. The van der Waals surface area contributed by atoms with Gasteiger partial charge in [-0.05, 0) is 37.3 Å². The van der Waals surface area contributed by atoms with E-state index in [1.165, 1.54) is 18.4 Å². The highest BCUT2D eigenvalue weighted by Gasteiger charge is 2.23. The number of anilines is 1. The lowest BCUT2D eigenvalue weighted by molar-refractivity contribution is 0.199. The molecule has 20 heavy (non-hydrogen) atoms. The lowest BCUT2D eigenvalue weighted by atomic mass is 9.93. The summed E-state index contributed by atoms with van der Waals surface area (Å²) >= 11 is 0. The number of methoxy groups -OCH3 is 1. The molecule has 4 heteroatoms. The molecule has 1 aliphatic heterocycles. The number of nitrogens with one attached hydrogen (secondary N) is 1. The van der Waals surface area contributed by atoms with Crippen LogP contribution >= 0.6 is 0 Å². The summed E-state index contributed by atoms with van der Waals surface area (Å²) in [5.74, 6) is 1.95. The topological polar surface area (TPSA) is 37.4 Å². The predicted octanol–water partition coefficient (Wildman–Crippen LogP) is 2.44. The van der Waals surface area contributed by atoms with E-state index >= 15 is 0 Å². The van der Waals surface area contributed by atoms with Gasteiger partial charge in [-0.25, -0.2) is 4.98 Å². The van der Waals surface area contributed by atoms with Crippen molar-refractivity contribution in [2.45, 2.75) is 39.3 Å². The van der Waals surface area contributed by atoms with Crippen LogP contribution in [0.5, 0.6) is 0 Å². The molecule has 2 heterocycles. The van der Waals surface area contributed by atoms with E-state index in [-0.39, 0.29) is 0 Å². The zero-order valence-corrected chi connectivity index (χ0v) is 12.9. The Morgan fingerprint density at radius 2 is 2.25 bits per heavy atom. The largest absolute Gasteiger partial charge is 0.383 e. The van der Waals surface area contributed by atoms with Crippen molar-refractivity contribution in [3.8, 4) is 0 Å². The molecule has 0 aliphatic carbocycles. The number of piperidine rings is 1. The molecule has 1 aromatic rings. The monoisotopic (exact) mass is 277 g/mol. The lowest BCUT2D eigenvalue weighted by Gasteiger charge is -2.37. The summed E-state index contributed by atoms with van der Waals surface area (Å²) in [5.41, 5.74) is 1.22. The maximum absolute atomic E-state index is 5.01. The fourth-order valence-electron chi connectivity index (χ4n) is 2.85. The minimum atomic E-state index is 0.594. The van der Waals surface area contributed by atoms with E-state index in [9.17, 15) is 0 Å². The first-order chi connectivity index (χ1) is 9.70. The average molecular weight is 277 g/mol. The van der Waals surface area contributed by atoms with Gasteiger partial charge in [0.15, 0.2) is 0 Å². The van der Waals surface area contributed by atoms with Crippen molar-refractivity contribution in [1.29, 1.82) is 0 Å². The Kier molecular flexibility index (Phi) is 5.80. The van der Waals surface area contributed by atoms with Crippen molar-refractivity contribution >= 4 is 5.82 Å². The smallest absolute Gasteiger partial charge is 0.128 e. The number of aromatic nitrogens is 1. The maximum atomic E-state index is 5.01. The Bertz CT molecular complexity index is 393. The number of hydrogen-bond acceptors (Lipinski definition) is 4. The van der Waals surface area contributed by atoms with E-state index in [2.05, 4.69) is 41.2 Å². The molecule has 0 amide bonds. The Labute approximate surface area is 122 Å². The van der Waals surface area contributed by atoms with Gasteiger partial charge in [-0.1, -0.05) is 13.0 Å². The first-order valence-corrected chi connectivity index (χ1v) is 7.62. The number of nitrogens with zero attached hydrogens (tertiary/aromatic N) is 2. The van der Waals surface area contributed by atoms with E-state index in [4.69, 9.17) is 4.74 Å². The maximum Gasteiger partial charge on any atom is 0.128 e. The van der Waals surface area contributed by atoms with E-state index in [0.717, 1.165) is 38.0 Å². The summed E-state index contributed by atoms with van der Waals surface area (Å²) in [6.07, 6.45) is 4.52. The zero-order chi connectivity index (χ0) is 14.4. The van der Waals surface area contributed by atoms with Crippen molar-refractivity contribution in [3.63, 3.8) is 0 Å². The van der Waals surface area contributed by atoms with E-state index in [1.54, 1.807) is 7.11 Å². The molecular weight excluding hydrogens is 250 g/mol. The molecule has 0 radical (unpaired) electrons. The normalized spacial score (nSPS) is 23.1. The first-order valence-electron chi connectivity index (χ1n) is 7.62. The minimum Gasteiger partial charge on any atom is -0.383 e. The van der Waals surface area contributed by atoms with Gasteiger partial charge in [0.05, 0.1) is 6.61 Å². The van der Waals surface area contributed by atoms with Gasteiger partial charge in [0.2, 0.25) is 0 Å². The Morgan fingerprint density at radius 3 is 2.90 bits per heavy atom. The fourth-order valence-corrected chi connectivity index (χ4v) is 2.85. The molecular formula is C16H27N3O. The summed E-state index contributed by atoms with van der Waals surface area (Å²) in [6, 6.07) is 4.92. The number of ether oxygens (including phenoxy) is 1. The minimum absolute atomic E-state index is 0.594. The highest BCUT2D eigenvalue weighted by molar-refractivity contribution is 5.41. The van der Waals surface area contributed by atoms with Crippen LogP contribution in [0.1, 0.15) is 32.3 Å². The summed E-state index contributed by atoms with van der Waals surface area (Å²) in [4.78, 5) is 7.06. The summed E-state index contributed by atoms with van der Waals surface area (Å²) in [5, 5.41) is 3.34. The lowest BCUT2D eigenvalue weighted by Crippen LogP contribution is -2.40. The molecule has 2 atom stereocenters. The third-order valence-electron chi connectivity index (χ3n) is 4.05. The van der Waals surface area contributed by atoms with Gasteiger partial charge in [-0.15, -0.1) is 0 Å². The van der Waals surface area contributed by atoms with Crippen LogP contribution in [0, 0.1) is 5.92 Å². The molecule has 1 aliphatic rings. The van der Waals surface area contributed by atoms with Crippen LogP contribution in [0.25, 0.3) is 0 Å². The molecule has 1 saturated heterocycles. The van der Waals surface area contributed by atoms with Crippen LogP contribution in [-0.4, -0.2) is 37.8 Å². The Balaban J connectivity index is 1.87. The van der Waals surface area contributed by atoms with Crippen molar-refractivity contribution < 1.29 is 4.74 Å². The number of pyridine rings is 1. The van der Waals surface area contributed by atoms with Crippen LogP contribution in [0.2, 0.25) is 0 Å². The van der Waals surface area contributed by atoms with Crippen LogP contribution in [-0.2, 0) is 11.3 Å². The van der Waals surface area contributed by atoms with E-state index < -0.39 is 0 Å². The van der Waals surface area contributed by atoms with Crippen molar-refractivity contribution in [3.05, 3.63) is 23.9 Å². The third-order valence-corrected chi connectivity index (χ3v) is 4.05.